The number of hydrogen-bond acceptors (Lipinski definition) is 6. The third kappa shape index (κ3) is 6.80. The molecule has 0 fully saturated rings. The first-order chi connectivity index (χ1) is 14.6. The van der Waals surface area contributed by atoms with E-state index in [1.807, 2.05) is 12.1 Å². The van der Waals surface area contributed by atoms with E-state index in [1.165, 1.54) is 6.26 Å². The van der Waals surface area contributed by atoms with Crippen LogP contribution in [-0.2, 0) is 6.54 Å². The van der Waals surface area contributed by atoms with Crippen molar-refractivity contribution < 1.29 is 19.2 Å². The molecule has 3 rings (SSSR count). The fourth-order valence-electron chi connectivity index (χ4n) is 2.31. The first-order valence-corrected chi connectivity index (χ1v) is 9.40. The number of halogens is 1. The number of nitrogens with one attached hydrogen (secondary N) is 3. The van der Waals surface area contributed by atoms with Crippen LogP contribution in [0, 0.1) is 0 Å². The van der Waals surface area contributed by atoms with Crippen LogP contribution in [0.2, 0.25) is 5.02 Å². The van der Waals surface area contributed by atoms with E-state index in [0.29, 0.717) is 28.9 Å². The minimum Gasteiger partial charge on any atom is -0.436 e. The number of aliphatic imine (C=N–C) groups is 1. The average Bonchev–Trinajstić information content (AvgIpc) is 3.26. The van der Waals surface area contributed by atoms with E-state index in [4.69, 9.17) is 26.0 Å². The van der Waals surface area contributed by atoms with E-state index in [9.17, 15) is 4.79 Å². The second-order valence-corrected chi connectivity index (χ2v) is 6.42. The summed E-state index contributed by atoms with van der Waals surface area (Å²) < 4.78 is 10.3. The number of aliphatic hydroxyl groups excluding tert-OH is 1. The minimum absolute atomic E-state index is 0.129. The summed E-state index contributed by atoms with van der Waals surface area (Å²) in [7, 11) is 0. The fraction of sp³-hybridized carbons (Fsp3) is 0.150. The Kier molecular flexibility index (Phi) is 7.64. The van der Waals surface area contributed by atoms with E-state index < -0.39 is 6.03 Å². The van der Waals surface area contributed by atoms with Crippen LogP contribution >= 0.6 is 11.6 Å². The Morgan fingerprint density at radius 1 is 1.13 bits per heavy atom. The maximum absolute atomic E-state index is 12.0. The van der Waals surface area contributed by atoms with Crippen molar-refractivity contribution >= 4 is 29.3 Å². The highest BCUT2D eigenvalue weighted by atomic mass is 35.5. The lowest BCUT2D eigenvalue weighted by Crippen LogP contribution is -2.43. The summed E-state index contributed by atoms with van der Waals surface area (Å²) in [5, 5.41) is 21.4. The number of carbonyl (C=O) groups is 1. The highest BCUT2D eigenvalue weighted by molar-refractivity contribution is 6.30. The van der Waals surface area contributed by atoms with Gasteiger partial charge in [-0.1, -0.05) is 23.7 Å². The zero-order valence-electron chi connectivity index (χ0n) is 15.8. The standard InChI is InChI=1S/C20H20ClN5O4/c21-15-3-1-14(2-4-15)13-23-19(25-20(28)22-10-11-27)24-16-5-7-17(8-6-16)30-18-9-12-29-26-18/h1-9,12,27H,10-11,13H2,(H3,22,23,24,25,28). The van der Waals surface area contributed by atoms with E-state index in [1.54, 1.807) is 42.5 Å². The van der Waals surface area contributed by atoms with Gasteiger partial charge in [0.2, 0.25) is 5.96 Å². The van der Waals surface area contributed by atoms with Gasteiger partial charge in [-0.2, -0.15) is 0 Å². The van der Waals surface area contributed by atoms with E-state index in [2.05, 4.69) is 26.1 Å². The molecule has 156 valence electrons. The summed E-state index contributed by atoms with van der Waals surface area (Å²) in [6, 6.07) is 15.4. The summed E-state index contributed by atoms with van der Waals surface area (Å²) in [6.07, 6.45) is 1.42. The van der Waals surface area contributed by atoms with E-state index >= 15 is 0 Å². The number of benzene rings is 2. The van der Waals surface area contributed by atoms with Crippen LogP contribution in [0.4, 0.5) is 10.5 Å². The third-order valence-corrected chi connectivity index (χ3v) is 3.97. The zero-order valence-corrected chi connectivity index (χ0v) is 16.6. The fourth-order valence-corrected chi connectivity index (χ4v) is 2.44. The van der Waals surface area contributed by atoms with E-state index in [0.717, 1.165) is 5.56 Å². The predicted octanol–water partition coefficient (Wildman–Crippen LogP) is 3.38. The molecule has 0 aliphatic rings. The number of nitrogens with zero attached hydrogens (tertiary/aromatic N) is 2. The molecule has 1 aromatic heterocycles. The van der Waals surface area contributed by atoms with Crippen molar-refractivity contribution in [1.82, 2.24) is 15.8 Å². The molecule has 2 amide bonds. The lowest BCUT2D eigenvalue weighted by molar-refractivity contribution is 0.238. The second-order valence-electron chi connectivity index (χ2n) is 5.98. The summed E-state index contributed by atoms with van der Waals surface area (Å²) in [5.74, 6) is 1.16. The lowest BCUT2D eigenvalue weighted by Gasteiger charge is -2.13. The van der Waals surface area contributed by atoms with Crippen LogP contribution in [-0.4, -0.2) is 35.4 Å². The van der Waals surface area contributed by atoms with Crippen LogP contribution in [0.3, 0.4) is 0 Å². The largest absolute Gasteiger partial charge is 0.436 e. The maximum Gasteiger partial charge on any atom is 0.321 e. The van der Waals surface area contributed by atoms with Crippen molar-refractivity contribution in [2.24, 2.45) is 4.99 Å². The van der Waals surface area contributed by atoms with Crippen molar-refractivity contribution in [3.8, 4) is 11.6 Å². The highest BCUT2D eigenvalue weighted by Crippen LogP contribution is 2.21. The van der Waals surface area contributed by atoms with Crippen molar-refractivity contribution in [3.05, 3.63) is 71.4 Å². The molecule has 2 aromatic carbocycles. The highest BCUT2D eigenvalue weighted by Gasteiger charge is 2.07. The molecular formula is C20H20ClN5O4. The number of aliphatic hydroxyl groups is 1. The summed E-state index contributed by atoms with van der Waals surface area (Å²) in [4.78, 5) is 16.4. The molecule has 30 heavy (non-hydrogen) atoms. The number of rotatable bonds is 7. The normalized spacial score (nSPS) is 11.1. The number of anilines is 1. The average molecular weight is 430 g/mol. The topological polar surface area (TPSA) is 121 Å². The SMILES string of the molecule is O=C(NCCO)NC(=NCc1ccc(Cl)cc1)Nc1ccc(Oc2ccon2)cc1. The molecule has 9 nitrogen and oxygen atoms in total. The van der Waals surface area contributed by atoms with E-state index in [-0.39, 0.29) is 19.1 Å². The molecule has 4 N–H and O–H groups in total. The molecule has 0 aliphatic heterocycles. The second kappa shape index (κ2) is 10.8. The molecule has 0 spiro atoms. The minimum atomic E-state index is -0.489. The molecule has 0 saturated heterocycles. The Labute approximate surface area is 177 Å². The smallest absolute Gasteiger partial charge is 0.321 e. The Morgan fingerprint density at radius 2 is 1.90 bits per heavy atom. The Bertz CT molecular complexity index is 960. The quantitative estimate of drug-likeness (QED) is 0.337. The number of ether oxygens (including phenoxy) is 1. The van der Waals surface area contributed by atoms with Gasteiger partial charge in [-0.25, -0.2) is 9.79 Å². The van der Waals surface area contributed by atoms with Crippen molar-refractivity contribution in [2.75, 3.05) is 18.5 Å². The number of urea groups is 1. The summed E-state index contributed by atoms with van der Waals surface area (Å²) in [6.45, 7) is 0.294. The molecule has 0 bridgehead atoms. The van der Waals surface area contributed by atoms with Crippen LogP contribution in [0.25, 0.3) is 0 Å². The Balaban J connectivity index is 1.67. The van der Waals surface area contributed by atoms with Gasteiger partial charge >= 0.3 is 6.03 Å². The molecule has 0 radical (unpaired) electrons. The first kappa shape index (κ1) is 21.2. The number of guanidine groups is 1. The van der Waals surface area contributed by atoms with Gasteiger partial charge in [0.25, 0.3) is 5.88 Å². The molecule has 0 atom stereocenters. The monoisotopic (exact) mass is 429 g/mol. The molecule has 10 heteroatoms. The first-order valence-electron chi connectivity index (χ1n) is 9.02. The molecular weight excluding hydrogens is 410 g/mol. The number of hydrogen-bond donors (Lipinski definition) is 4. The zero-order chi connectivity index (χ0) is 21.2. The number of aromatic nitrogens is 1. The van der Waals surface area contributed by atoms with Gasteiger partial charge in [0.15, 0.2) is 0 Å². The van der Waals surface area contributed by atoms with Gasteiger partial charge in [0.1, 0.15) is 12.0 Å². The van der Waals surface area contributed by atoms with Gasteiger partial charge in [-0.3, -0.25) is 5.32 Å². The Hall–Kier alpha value is -3.56. The number of amides is 2. The molecule has 3 aromatic rings. The van der Waals surface area contributed by atoms with Gasteiger partial charge < -0.3 is 25.0 Å². The molecule has 1 heterocycles. The van der Waals surface area contributed by atoms with Crippen LogP contribution < -0.4 is 20.7 Å². The molecule has 0 unspecified atom stereocenters. The maximum atomic E-state index is 12.0. The third-order valence-electron chi connectivity index (χ3n) is 3.72. The molecule has 0 aliphatic carbocycles. The Morgan fingerprint density at radius 3 is 2.57 bits per heavy atom. The van der Waals surface area contributed by atoms with Crippen LogP contribution in [0.1, 0.15) is 5.56 Å². The predicted molar refractivity (Wildman–Crippen MR) is 113 cm³/mol. The van der Waals surface area contributed by atoms with Crippen molar-refractivity contribution in [2.45, 2.75) is 6.54 Å². The lowest BCUT2D eigenvalue weighted by atomic mass is 10.2. The van der Waals surface area contributed by atoms with Gasteiger partial charge in [-0.15, -0.1) is 0 Å². The van der Waals surface area contributed by atoms with Crippen LogP contribution in [0.5, 0.6) is 11.6 Å². The van der Waals surface area contributed by atoms with Crippen molar-refractivity contribution in [1.29, 1.82) is 0 Å². The summed E-state index contributed by atoms with van der Waals surface area (Å²) in [5.41, 5.74) is 1.60. The van der Waals surface area contributed by atoms with Gasteiger partial charge in [-0.05, 0) is 47.1 Å². The van der Waals surface area contributed by atoms with Crippen LogP contribution in [0.15, 0.2) is 70.4 Å². The van der Waals surface area contributed by atoms with Crippen molar-refractivity contribution in [3.63, 3.8) is 0 Å². The number of carbonyl (C=O) groups excluding carboxylic acids is 1. The van der Waals surface area contributed by atoms with Gasteiger partial charge in [0.05, 0.1) is 13.2 Å². The van der Waals surface area contributed by atoms with Gasteiger partial charge in [0, 0.05) is 23.3 Å². The summed E-state index contributed by atoms with van der Waals surface area (Å²) >= 11 is 5.90. The molecule has 0 saturated carbocycles.